The third-order valence-electron chi connectivity index (χ3n) is 3.44. The summed E-state index contributed by atoms with van der Waals surface area (Å²) in [6, 6.07) is -0.864. The highest BCUT2D eigenvalue weighted by molar-refractivity contribution is 7.91. The maximum Gasteiger partial charge on any atom is 0.412 e. The highest BCUT2D eigenvalue weighted by Crippen LogP contribution is 2.31. The Morgan fingerprint density at radius 2 is 2.00 bits per heavy atom. The molecule has 2 heterocycles. The Morgan fingerprint density at radius 1 is 1.33 bits per heavy atom. The lowest BCUT2D eigenvalue weighted by atomic mass is 10.0. The lowest BCUT2D eigenvalue weighted by molar-refractivity contribution is -0.0963. The van der Waals surface area contributed by atoms with Crippen LogP contribution in [0.25, 0.3) is 0 Å². The van der Waals surface area contributed by atoms with Gasteiger partial charge in [-0.1, -0.05) is 6.08 Å². The van der Waals surface area contributed by atoms with Crippen molar-refractivity contribution in [2.45, 2.75) is 24.7 Å². The number of alkyl halides is 3. The Balaban J connectivity index is 2.05. The van der Waals surface area contributed by atoms with E-state index in [1.807, 2.05) is 0 Å². The van der Waals surface area contributed by atoms with Crippen molar-refractivity contribution >= 4 is 9.84 Å². The average Bonchev–Trinajstić information content (AvgIpc) is 2.51. The predicted octanol–water partition coefficient (Wildman–Crippen LogP) is 0.305. The topological polar surface area (TPSA) is 63.4 Å². The molecule has 8 heteroatoms. The Kier molecular flexibility index (Phi) is 3.46. The number of nitrogens with zero attached hydrogens (tertiary/aromatic N) is 1. The van der Waals surface area contributed by atoms with Crippen LogP contribution in [0.4, 0.5) is 13.2 Å². The van der Waals surface area contributed by atoms with E-state index in [1.165, 1.54) is 0 Å². The first-order valence-electron chi connectivity index (χ1n) is 5.65. The average molecular weight is 284 g/mol. The summed E-state index contributed by atoms with van der Waals surface area (Å²) in [6.07, 6.45) is -3.26. The molecule has 4 nitrogen and oxygen atoms in total. The molecule has 2 aliphatic heterocycles. The summed E-state index contributed by atoms with van der Waals surface area (Å²) in [5, 5.41) is 0. The molecule has 1 fully saturated rings. The molecule has 2 rings (SSSR count). The zero-order chi connectivity index (χ0) is 13.6. The molecule has 0 spiro atoms. The summed E-state index contributed by atoms with van der Waals surface area (Å²) in [5.41, 5.74) is 5.21. The maximum absolute atomic E-state index is 12.4. The van der Waals surface area contributed by atoms with Crippen LogP contribution in [0.2, 0.25) is 0 Å². The molecule has 0 radical (unpaired) electrons. The number of nitrogens with two attached hydrogens (primary N) is 1. The van der Waals surface area contributed by atoms with Crippen molar-refractivity contribution in [1.82, 2.24) is 4.90 Å². The van der Waals surface area contributed by atoms with Crippen molar-refractivity contribution in [3.8, 4) is 0 Å². The van der Waals surface area contributed by atoms with Crippen molar-refractivity contribution in [2.75, 3.05) is 24.6 Å². The van der Waals surface area contributed by atoms with Gasteiger partial charge in [0.2, 0.25) is 0 Å². The second-order valence-corrected chi connectivity index (χ2v) is 6.93. The van der Waals surface area contributed by atoms with Crippen molar-refractivity contribution < 1.29 is 21.6 Å². The molecule has 2 N–H and O–H groups in total. The van der Waals surface area contributed by atoms with Crippen LogP contribution in [-0.4, -0.2) is 56.2 Å². The van der Waals surface area contributed by atoms with E-state index in [4.69, 9.17) is 5.73 Å². The van der Waals surface area contributed by atoms with Crippen molar-refractivity contribution in [1.29, 1.82) is 0 Å². The van der Waals surface area contributed by atoms with Crippen LogP contribution in [-0.2, 0) is 9.84 Å². The van der Waals surface area contributed by atoms with Gasteiger partial charge in [0.05, 0.1) is 11.5 Å². The molecule has 0 amide bonds. The van der Waals surface area contributed by atoms with Gasteiger partial charge in [-0.2, -0.15) is 13.2 Å². The molecule has 0 bridgehead atoms. The van der Waals surface area contributed by atoms with E-state index < -0.39 is 27.6 Å². The predicted molar refractivity (Wildman–Crippen MR) is 60.7 cm³/mol. The molecule has 0 saturated carbocycles. The van der Waals surface area contributed by atoms with Gasteiger partial charge in [0, 0.05) is 30.7 Å². The summed E-state index contributed by atoms with van der Waals surface area (Å²) in [5.74, 6) is -0.132. The molecule has 2 atom stereocenters. The second kappa shape index (κ2) is 4.50. The van der Waals surface area contributed by atoms with Crippen LogP contribution in [0.5, 0.6) is 0 Å². The summed E-state index contributed by atoms with van der Waals surface area (Å²) >= 11 is 0. The fourth-order valence-electron chi connectivity index (χ4n) is 2.48. The van der Waals surface area contributed by atoms with Crippen LogP contribution in [0.15, 0.2) is 11.6 Å². The first-order chi connectivity index (χ1) is 8.19. The van der Waals surface area contributed by atoms with Gasteiger partial charge in [-0.05, 0) is 6.42 Å². The fraction of sp³-hybridized carbons (Fsp3) is 0.800. The van der Waals surface area contributed by atoms with Gasteiger partial charge in [-0.15, -0.1) is 0 Å². The van der Waals surface area contributed by atoms with Gasteiger partial charge in [0.1, 0.15) is 0 Å². The maximum atomic E-state index is 12.4. The number of halogens is 3. The Hall–Kier alpha value is -0.600. The van der Waals surface area contributed by atoms with Crippen LogP contribution < -0.4 is 5.73 Å². The molecule has 1 saturated heterocycles. The van der Waals surface area contributed by atoms with E-state index in [0.717, 1.165) is 6.08 Å². The zero-order valence-corrected chi connectivity index (χ0v) is 10.5. The molecule has 104 valence electrons. The van der Waals surface area contributed by atoms with Gasteiger partial charge < -0.3 is 5.73 Å². The number of sulfone groups is 1. The summed E-state index contributed by atoms with van der Waals surface area (Å²) in [6.45, 7) is 0.321. The lowest BCUT2D eigenvalue weighted by Crippen LogP contribution is -2.49. The summed E-state index contributed by atoms with van der Waals surface area (Å²) < 4.78 is 60.1. The third-order valence-corrected chi connectivity index (χ3v) is 5.18. The van der Waals surface area contributed by atoms with Gasteiger partial charge in [-0.3, -0.25) is 4.90 Å². The van der Waals surface area contributed by atoms with Gasteiger partial charge in [-0.25, -0.2) is 8.42 Å². The minimum absolute atomic E-state index is 0.0522. The zero-order valence-electron chi connectivity index (χ0n) is 9.65. The lowest BCUT2D eigenvalue weighted by Gasteiger charge is -2.33. The summed E-state index contributed by atoms with van der Waals surface area (Å²) in [7, 11) is -3.15. The standard InChI is InChI=1S/C10H15F3N2O2S/c11-10(12,13)7-1-3-15(4-2-7)9-6-18(16,17)5-8(9)14/h1,8-9H,2-6,14H2. The minimum atomic E-state index is -4.28. The highest BCUT2D eigenvalue weighted by atomic mass is 32.2. The molecule has 2 unspecified atom stereocenters. The van der Waals surface area contributed by atoms with E-state index in [9.17, 15) is 21.6 Å². The molecular weight excluding hydrogens is 269 g/mol. The van der Waals surface area contributed by atoms with E-state index >= 15 is 0 Å². The SMILES string of the molecule is NC1CS(=O)(=O)CC1N1CC=C(C(F)(F)F)CC1. The molecule has 18 heavy (non-hydrogen) atoms. The molecular formula is C10H15F3N2O2S. The fourth-order valence-corrected chi connectivity index (χ4v) is 4.40. The van der Waals surface area contributed by atoms with Crippen LogP contribution in [0.1, 0.15) is 6.42 Å². The molecule has 0 aromatic rings. The normalized spacial score (nSPS) is 33.4. The monoisotopic (exact) mass is 284 g/mol. The highest BCUT2D eigenvalue weighted by Gasteiger charge is 2.41. The molecule has 0 aromatic heterocycles. The smallest absolute Gasteiger partial charge is 0.325 e. The first kappa shape index (κ1) is 13.8. The molecule has 0 aliphatic carbocycles. The van der Waals surface area contributed by atoms with Gasteiger partial charge in [0.25, 0.3) is 0 Å². The van der Waals surface area contributed by atoms with Crippen molar-refractivity contribution in [3.05, 3.63) is 11.6 Å². The number of rotatable bonds is 1. The first-order valence-corrected chi connectivity index (χ1v) is 7.47. The largest absolute Gasteiger partial charge is 0.412 e. The summed E-state index contributed by atoms with van der Waals surface area (Å²) in [4.78, 5) is 1.73. The number of hydrogen-bond donors (Lipinski definition) is 1. The minimum Gasteiger partial charge on any atom is -0.325 e. The van der Waals surface area contributed by atoms with Crippen molar-refractivity contribution in [3.63, 3.8) is 0 Å². The Bertz CT molecular complexity index is 458. The van der Waals surface area contributed by atoms with Crippen LogP contribution in [0, 0.1) is 0 Å². The van der Waals surface area contributed by atoms with Crippen LogP contribution in [0.3, 0.4) is 0 Å². The van der Waals surface area contributed by atoms with E-state index in [2.05, 4.69) is 0 Å². The van der Waals surface area contributed by atoms with E-state index in [1.54, 1.807) is 4.90 Å². The van der Waals surface area contributed by atoms with Crippen LogP contribution >= 0.6 is 0 Å². The third kappa shape index (κ3) is 2.86. The van der Waals surface area contributed by atoms with Gasteiger partial charge >= 0.3 is 6.18 Å². The quantitative estimate of drug-likeness (QED) is 0.704. The molecule has 2 aliphatic rings. The van der Waals surface area contributed by atoms with Gasteiger partial charge in [0.15, 0.2) is 9.84 Å². The Labute approximate surface area is 104 Å². The Morgan fingerprint density at radius 3 is 2.39 bits per heavy atom. The van der Waals surface area contributed by atoms with Crippen molar-refractivity contribution in [2.24, 2.45) is 5.73 Å². The molecule has 0 aromatic carbocycles. The second-order valence-electron chi connectivity index (χ2n) is 4.78. The van der Waals surface area contributed by atoms with E-state index in [-0.39, 0.29) is 37.1 Å². The number of hydrogen-bond acceptors (Lipinski definition) is 4. The van der Waals surface area contributed by atoms with E-state index in [0.29, 0.717) is 0 Å².